The van der Waals surface area contributed by atoms with Crippen molar-refractivity contribution in [3.63, 3.8) is 0 Å². The first kappa shape index (κ1) is 13.9. The molecule has 0 spiro atoms. The average molecular weight is 275 g/mol. The molecule has 0 fully saturated rings. The number of carbonyl (C=O) groups is 1. The third kappa shape index (κ3) is 2.74. The first-order valence-corrected chi connectivity index (χ1v) is 6.20. The minimum Gasteiger partial charge on any atom is -0.478 e. The number of hydrogen-bond donors (Lipinski definition) is 3. The fourth-order valence-corrected chi connectivity index (χ4v) is 1.94. The van der Waals surface area contributed by atoms with E-state index in [1.165, 1.54) is 6.07 Å². The normalized spacial score (nSPS) is 12.2. The van der Waals surface area contributed by atoms with Crippen LogP contribution in [0.3, 0.4) is 0 Å². The van der Waals surface area contributed by atoms with Gasteiger partial charge in [-0.2, -0.15) is 0 Å². The van der Waals surface area contributed by atoms with E-state index in [-0.39, 0.29) is 17.3 Å². The molecule has 1 unspecified atom stereocenters. The Bertz CT molecular complexity index is 649. The van der Waals surface area contributed by atoms with Crippen LogP contribution in [-0.2, 0) is 0 Å². The second-order valence-corrected chi connectivity index (χ2v) is 4.73. The van der Waals surface area contributed by atoms with Crippen LogP contribution < -0.4 is 11.1 Å². The molecule has 4 N–H and O–H groups in total. The van der Waals surface area contributed by atoms with E-state index in [9.17, 15) is 4.79 Å². The third-order valence-corrected chi connectivity index (χ3v) is 3.01. The van der Waals surface area contributed by atoms with Gasteiger partial charge in [-0.15, -0.1) is 0 Å². The van der Waals surface area contributed by atoms with Crippen molar-refractivity contribution in [1.82, 2.24) is 4.98 Å². The molecule has 0 radical (unpaired) electrons. The summed E-state index contributed by atoms with van der Waals surface area (Å²) in [5.74, 6) is 0.232. The molecule has 2 rings (SSSR count). The second-order valence-electron chi connectivity index (χ2n) is 4.73. The van der Waals surface area contributed by atoms with Gasteiger partial charge in [0.2, 0.25) is 5.89 Å². The number of nitrogens with one attached hydrogen (secondary N) is 1. The maximum absolute atomic E-state index is 11.1. The predicted octanol–water partition coefficient (Wildman–Crippen LogP) is 2.74. The highest BCUT2D eigenvalue weighted by Crippen LogP contribution is 2.26. The molecular weight excluding hydrogens is 258 g/mol. The second kappa shape index (κ2) is 5.24. The summed E-state index contributed by atoms with van der Waals surface area (Å²) < 4.78 is 5.43. The van der Waals surface area contributed by atoms with Gasteiger partial charge in [-0.25, -0.2) is 9.78 Å². The lowest BCUT2D eigenvalue weighted by molar-refractivity contribution is 0.0698. The summed E-state index contributed by atoms with van der Waals surface area (Å²) in [6, 6.07) is 3.14. The van der Waals surface area contributed by atoms with E-state index in [4.69, 9.17) is 15.3 Å². The molecule has 2 aromatic rings. The molecule has 0 amide bonds. The Morgan fingerprint density at radius 1 is 1.45 bits per heavy atom. The van der Waals surface area contributed by atoms with Crippen LogP contribution in [0.2, 0.25) is 0 Å². The average Bonchev–Trinajstić information content (AvgIpc) is 2.80. The lowest BCUT2D eigenvalue weighted by Crippen LogP contribution is -2.10. The van der Waals surface area contributed by atoms with E-state index in [0.29, 0.717) is 17.1 Å². The van der Waals surface area contributed by atoms with E-state index < -0.39 is 5.97 Å². The molecular formula is C14H17N3O3. The number of oxazole rings is 1. The molecule has 0 saturated heterocycles. The minimum atomic E-state index is -1.05. The smallest absolute Gasteiger partial charge is 0.337 e. The minimum absolute atomic E-state index is 0.0864. The van der Waals surface area contributed by atoms with Crippen LogP contribution in [-0.4, -0.2) is 16.1 Å². The van der Waals surface area contributed by atoms with E-state index >= 15 is 0 Å². The maximum Gasteiger partial charge on any atom is 0.337 e. The first-order valence-electron chi connectivity index (χ1n) is 6.20. The van der Waals surface area contributed by atoms with Crippen molar-refractivity contribution in [2.45, 2.75) is 26.8 Å². The fourth-order valence-electron chi connectivity index (χ4n) is 1.94. The molecule has 6 nitrogen and oxygen atoms in total. The van der Waals surface area contributed by atoms with Crippen LogP contribution in [0, 0.1) is 13.8 Å². The number of nitrogens with two attached hydrogens (primary N) is 1. The van der Waals surface area contributed by atoms with Crippen molar-refractivity contribution in [2.24, 2.45) is 0 Å². The van der Waals surface area contributed by atoms with Crippen molar-refractivity contribution >= 4 is 17.3 Å². The Balaban J connectivity index is 2.27. The van der Waals surface area contributed by atoms with E-state index in [0.717, 1.165) is 5.76 Å². The number of aromatic nitrogens is 1. The Hall–Kier alpha value is -2.50. The summed E-state index contributed by atoms with van der Waals surface area (Å²) in [4.78, 5) is 15.3. The molecule has 0 aliphatic rings. The summed E-state index contributed by atoms with van der Waals surface area (Å²) in [6.45, 7) is 5.48. The van der Waals surface area contributed by atoms with Gasteiger partial charge in [0.05, 0.1) is 11.8 Å². The van der Waals surface area contributed by atoms with Crippen molar-refractivity contribution in [3.8, 4) is 0 Å². The SMILES string of the molecule is Cc1cnc(C(C)Nc2cc(C)c(N)c(C(=O)O)c2)o1. The first-order chi connectivity index (χ1) is 9.38. The molecule has 1 heterocycles. The Labute approximate surface area is 116 Å². The van der Waals surface area contributed by atoms with E-state index in [1.807, 2.05) is 13.8 Å². The van der Waals surface area contributed by atoms with Crippen LogP contribution in [0.15, 0.2) is 22.7 Å². The van der Waals surface area contributed by atoms with Gasteiger partial charge in [-0.3, -0.25) is 0 Å². The van der Waals surface area contributed by atoms with Crippen molar-refractivity contribution in [2.75, 3.05) is 11.1 Å². The van der Waals surface area contributed by atoms with Gasteiger partial charge in [0, 0.05) is 11.4 Å². The molecule has 0 saturated carbocycles. The lowest BCUT2D eigenvalue weighted by atomic mass is 10.1. The summed E-state index contributed by atoms with van der Waals surface area (Å²) in [7, 11) is 0. The molecule has 1 aromatic heterocycles. The van der Waals surface area contributed by atoms with Crippen LogP contribution >= 0.6 is 0 Å². The Morgan fingerprint density at radius 3 is 2.70 bits per heavy atom. The van der Waals surface area contributed by atoms with Crippen molar-refractivity contribution in [1.29, 1.82) is 0 Å². The van der Waals surface area contributed by atoms with Gasteiger partial charge in [0.1, 0.15) is 11.8 Å². The number of carboxylic acids is 1. The number of nitrogens with zero attached hydrogens (tertiary/aromatic N) is 1. The van der Waals surface area contributed by atoms with Crippen LogP contribution in [0.25, 0.3) is 0 Å². The number of rotatable bonds is 4. The number of benzene rings is 1. The zero-order valence-corrected chi connectivity index (χ0v) is 11.6. The molecule has 0 aliphatic heterocycles. The topological polar surface area (TPSA) is 101 Å². The number of aromatic carboxylic acids is 1. The highest BCUT2D eigenvalue weighted by atomic mass is 16.4. The highest BCUT2D eigenvalue weighted by Gasteiger charge is 2.15. The predicted molar refractivity (Wildman–Crippen MR) is 75.8 cm³/mol. The van der Waals surface area contributed by atoms with Gasteiger partial charge in [-0.1, -0.05) is 0 Å². The monoisotopic (exact) mass is 275 g/mol. The molecule has 0 aliphatic carbocycles. The number of carboxylic acid groups (broad SMARTS) is 1. The maximum atomic E-state index is 11.1. The zero-order chi connectivity index (χ0) is 14.9. The van der Waals surface area contributed by atoms with Crippen molar-refractivity contribution in [3.05, 3.63) is 41.1 Å². The number of hydrogen-bond acceptors (Lipinski definition) is 5. The largest absolute Gasteiger partial charge is 0.478 e. The standard InChI is InChI=1S/C14H17N3O3/c1-7-4-10(5-11(12(7)15)14(18)19)17-9(3)13-16-6-8(2)20-13/h4-6,9,17H,15H2,1-3H3,(H,18,19). The van der Waals surface area contributed by atoms with Crippen LogP contribution in [0.4, 0.5) is 11.4 Å². The number of nitrogen functional groups attached to an aromatic ring is 1. The number of anilines is 2. The molecule has 1 atom stereocenters. The molecule has 6 heteroatoms. The Morgan fingerprint density at radius 2 is 2.15 bits per heavy atom. The fraction of sp³-hybridized carbons (Fsp3) is 0.286. The highest BCUT2D eigenvalue weighted by molar-refractivity contribution is 5.95. The summed E-state index contributed by atoms with van der Waals surface area (Å²) in [5, 5.41) is 12.3. The van der Waals surface area contributed by atoms with Crippen LogP contribution in [0.5, 0.6) is 0 Å². The van der Waals surface area contributed by atoms with E-state index in [2.05, 4.69) is 10.3 Å². The zero-order valence-electron chi connectivity index (χ0n) is 11.6. The summed E-state index contributed by atoms with van der Waals surface area (Å²) >= 11 is 0. The van der Waals surface area contributed by atoms with Crippen LogP contribution in [0.1, 0.15) is 40.5 Å². The lowest BCUT2D eigenvalue weighted by Gasteiger charge is -2.14. The van der Waals surface area contributed by atoms with Gasteiger partial charge in [-0.05, 0) is 38.5 Å². The molecule has 1 aromatic carbocycles. The van der Waals surface area contributed by atoms with Gasteiger partial charge >= 0.3 is 5.97 Å². The number of aryl methyl sites for hydroxylation is 2. The van der Waals surface area contributed by atoms with Gasteiger partial charge in [0.25, 0.3) is 0 Å². The molecule has 106 valence electrons. The quantitative estimate of drug-likeness (QED) is 0.741. The Kier molecular flexibility index (Phi) is 3.65. The van der Waals surface area contributed by atoms with Gasteiger partial charge < -0.3 is 20.6 Å². The molecule has 20 heavy (non-hydrogen) atoms. The third-order valence-electron chi connectivity index (χ3n) is 3.01. The van der Waals surface area contributed by atoms with Crippen molar-refractivity contribution < 1.29 is 14.3 Å². The van der Waals surface area contributed by atoms with Gasteiger partial charge in [0.15, 0.2) is 0 Å². The molecule has 0 bridgehead atoms. The summed E-state index contributed by atoms with van der Waals surface area (Å²) in [6.07, 6.45) is 1.64. The van der Waals surface area contributed by atoms with E-state index in [1.54, 1.807) is 19.2 Å². The summed E-state index contributed by atoms with van der Waals surface area (Å²) in [5.41, 5.74) is 7.50.